The fourth-order valence-corrected chi connectivity index (χ4v) is 2.11. The van der Waals surface area contributed by atoms with Crippen LogP contribution in [-0.4, -0.2) is 5.11 Å². The summed E-state index contributed by atoms with van der Waals surface area (Å²) in [6.45, 7) is 0. The zero-order chi connectivity index (χ0) is 14.9. The maximum absolute atomic E-state index is 13.6. The van der Waals surface area contributed by atoms with Crippen LogP contribution in [0.5, 0.6) is 0 Å². The summed E-state index contributed by atoms with van der Waals surface area (Å²) in [5, 5.41) is 9.89. The molecule has 0 aliphatic carbocycles. The van der Waals surface area contributed by atoms with Crippen molar-refractivity contribution in [3.8, 4) is 0 Å². The monoisotopic (exact) mass is 348 g/mol. The first-order chi connectivity index (χ1) is 9.38. The first-order valence-corrected chi connectivity index (χ1v) is 6.44. The van der Waals surface area contributed by atoms with Crippen LogP contribution in [0.1, 0.15) is 17.2 Å². The zero-order valence-electron chi connectivity index (χ0n) is 10.0. The van der Waals surface area contributed by atoms with Gasteiger partial charge in [-0.25, -0.2) is 17.6 Å². The van der Waals surface area contributed by atoms with Crippen LogP contribution >= 0.6 is 15.9 Å². The van der Waals surface area contributed by atoms with Crippen molar-refractivity contribution in [1.29, 1.82) is 0 Å². The lowest BCUT2D eigenvalue weighted by Gasteiger charge is -2.13. The Hall–Kier alpha value is -1.40. The minimum absolute atomic E-state index is 0.0567. The molecular weight excluding hydrogens is 340 g/mol. The van der Waals surface area contributed by atoms with E-state index in [9.17, 15) is 22.7 Å². The number of benzene rings is 2. The van der Waals surface area contributed by atoms with Gasteiger partial charge in [0.1, 0.15) is 11.6 Å². The van der Waals surface area contributed by atoms with Gasteiger partial charge in [0.05, 0.1) is 10.6 Å². The molecule has 106 valence electrons. The molecule has 1 nitrogen and oxygen atoms in total. The van der Waals surface area contributed by atoms with E-state index in [1.54, 1.807) is 0 Å². The van der Waals surface area contributed by atoms with Crippen LogP contribution in [0.25, 0.3) is 0 Å². The molecule has 0 aromatic heterocycles. The Morgan fingerprint density at radius 3 is 2.25 bits per heavy atom. The van der Waals surface area contributed by atoms with E-state index in [0.717, 1.165) is 24.3 Å². The topological polar surface area (TPSA) is 20.2 Å². The number of hydrogen-bond donors (Lipinski definition) is 1. The van der Waals surface area contributed by atoms with Crippen LogP contribution in [0.3, 0.4) is 0 Å². The molecule has 2 aromatic carbocycles. The average Bonchev–Trinajstić information content (AvgIpc) is 2.38. The van der Waals surface area contributed by atoms with Gasteiger partial charge in [-0.3, -0.25) is 0 Å². The SMILES string of the molecule is OC(Cc1ccc(F)c(F)c1)c1cc(F)c(Br)cc1F. The standard InChI is InChI=1S/C14H9BrF4O/c15-9-6-11(17)8(5-12(9)18)14(20)4-7-1-2-10(16)13(19)3-7/h1-3,5-6,14,20H,4H2. The highest BCUT2D eigenvalue weighted by Gasteiger charge is 2.17. The van der Waals surface area contributed by atoms with E-state index < -0.39 is 29.4 Å². The first kappa shape index (κ1) is 15.0. The van der Waals surface area contributed by atoms with Gasteiger partial charge in [-0.15, -0.1) is 0 Å². The highest BCUT2D eigenvalue weighted by Crippen LogP contribution is 2.26. The minimum atomic E-state index is -1.36. The molecule has 0 fully saturated rings. The summed E-state index contributed by atoms with van der Waals surface area (Å²) in [7, 11) is 0. The van der Waals surface area contributed by atoms with E-state index >= 15 is 0 Å². The van der Waals surface area contributed by atoms with Gasteiger partial charge in [0.2, 0.25) is 0 Å². The van der Waals surface area contributed by atoms with Crippen molar-refractivity contribution in [1.82, 2.24) is 0 Å². The van der Waals surface area contributed by atoms with E-state index in [-0.39, 0.29) is 22.0 Å². The molecule has 6 heteroatoms. The average molecular weight is 349 g/mol. The third-order valence-electron chi connectivity index (χ3n) is 2.81. The molecule has 0 amide bonds. The highest BCUT2D eigenvalue weighted by atomic mass is 79.9. The Bertz CT molecular complexity index is 645. The summed E-state index contributed by atoms with van der Waals surface area (Å²) in [5.41, 5.74) is 0.0366. The minimum Gasteiger partial charge on any atom is -0.388 e. The Morgan fingerprint density at radius 2 is 1.60 bits per heavy atom. The van der Waals surface area contributed by atoms with E-state index in [2.05, 4.69) is 15.9 Å². The van der Waals surface area contributed by atoms with E-state index in [0.29, 0.717) is 0 Å². The largest absolute Gasteiger partial charge is 0.388 e. The molecule has 0 bridgehead atoms. The summed E-state index contributed by atoms with van der Waals surface area (Å²) >= 11 is 2.83. The van der Waals surface area contributed by atoms with Crippen molar-refractivity contribution >= 4 is 15.9 Å². The van der Waals surface area contributed by atoms with Crippen molar-refractivity contribution in [3.63, 3.8) is 0 Å². The zero-order valence-corrected chi connectivity index (χ0v) is 11.6. The summed E-state index contributed by atoms with van der Waals surface area (Å²) in [4.78, 5) is 0. The lowest BCUT2D eigenvalue weighted by atomic mass is 10.0. The Kier molecular flexibility index (Phi) is 4.45. The van der Waals surface area contributed by atoms with E-state index in [1.807, 2.05) is 0 Å². The summed E-state index contributed by atoms with van der Waals surface area (Å²) in [5.74, 6) is -3.57. The predicted octanol–water partition coefficient (Wildman–Crippen LogP) is 4.28. The normalized spacial score (nSPS) is 12.5. The number of hydrogen-bond acceptors (Lipinski definition) is 1. The summed E-state index contributed by atoms with van der Waals surface area (Å²) in [6, 6.07) is 4.86. The molecule has 0 saturated carbocycles. The molecule has 0 heterocycles. The van der Waals surface area contributed by atoms with Crippen molar-refractivity contribution in [2.24, 2.45) is 0 Å². The highest BCUT2D eigenvalue weighted by molar-refractivity contribution is 9.10. The molecule has 0 saturated heterocycles. The molecule has 0 radical (unpaired) electrons. The van der Waals surface area contributed by atoms with Crippen LogP contribution in [0.2, 0.25) is 0 Å². The molecule has 0 spiro atoms. The van der Waals surface area contributed by atoms with Crippen LogP contribution in [0.4, 0.5) is 17.6 Å². The fraction of sp³-hybridized carbons (Fsp3) is 0.143. The lowest BCUT2D eigenvalue weighted by molar-refractivity contribution is 0.173. The van der Waals surface area contributed by atoms with E-state index in [1.165, 1.54) is 6.07 Å². The molecule has 0 aliphatic heterocycles. The fourth-order valence-electron chi connectivity index (χ4n) is 1.79. The van der Waals surface area contributed by atoms with Crippen LogP contribution < -0.4 is 0 Å². The maximum Gasteiger partial charge on any atom is 0.159 e. The van der Waals surface area contributed by atoms with Gasteiger partial charge in [0, 0.05) is 12.0 Å². The van der Waals surface area contributed by atoms with E-state index in [4.69, 9.17) is 0 Å². The molecule has 1 atom stereocenters. The molecule has 1 N–H and O–H groups in total. The number of aliphatic hydroxyl groups excluding tert-OH is 1. The van der Waals surface area contributed by atoms with Crippen LogP contribution in [-0.2, 0) is 6.42 Å². The molecule has 1 unspecified atom stereocenters. The number of aliphatic hydroxyl groups is 1. The van der Waals surface area contributed by atoms with Crippen molar-refractivity contribution in [3.05, 3.63) is 69.2 Å². The Labute approximate surface area is 121 Å². The van der Waals surface area contributed by atoms with Crippen LogP contribution in [0, 0.1) is 23.3 Å². The molecule has 20 heavy (non-hydrogen) atoms. The third-order valence-corrected chi connectivity index (χ3v) is 3.42. The molecule has 2 aromatic rings. The molecule has 0 aliphatic rings. The quantitative estimate of drug-likeness (QED) is 0.648. The Balaban J connectivity index is 2.25. The smallest absolute Gasteiger partial charge is 0.159 e. The second-order valence-electron chi connectivity index (χ2n) is 4.26. The number of halogens is 5. The first-order valence-electron chi connectivity index (χ1n) is 5.65. The van der Waals surface area contributed by atoms with Crippen molar-refractivity contribution in [2.45, 2.75) is 12.5 Å². The van der Waals surface area contributed by atoms with Gasteiger partial charge < -0.3 is 5.11 Å². The summed E-state index contributed by atoms with van der Waals surface area (Å²) < 4.78 is 52.7. The van der Waals surface area contributed by atoms with Crippen LogP contribution in [0.15, 0.2) is 34.8 Å². The van der Waals surface area contributed by atoms with Gasteiger partial charge in [-0.2, -0.15) is 0 Å². The van der Waals surface area contributed by atoms with Gasteiger partial charge in [-0.1, -0.05) is 6.07 Å². The molecule has 2 rings (SSSR count). The second kappa shape index (κ2) is 5.93. The molecular formula is C14H9BrF4O. The van der Waals surface area contributed by atoms with Gasteiger partial charge in [0.15, 0.2) is 11.6 Å². The predicted molar refractivity (Wildman–Crippen MR) is 69.1 cm³/mol. The lowest BCUT2D eigenvalue weighted by Crippen LogP contribution is -2.06. The van der Waals surface area contributed by atoms with Gasteiger partial charge in [0.25, 0.3) is 0 Å². The Morgan fingerprint density at radius 1 is 0.900 bits per heavy atom. The maximum atomic E-state index is 13.6. The van der Waals surface area contributed by atoms with Gasteiger partial charge >= 0.3 is 0 Å². The second-order valence-corrected chi connectivity index (χ2v) is 5.11. The third kappa shape index (κ3) is 3.19. The van der Waals surface area contributed by atoms with Crippen molar-refractivity contribution in [2.75, 3.05) is 0 Å². The summed E-state index contributed by atoms with van der Waals surface area (Å²) in [6.07, 6.45) is -1.52. The van der Waals surface area contributed by atoms with Gasteiger partial charge in [-0.05, 0) is 45.8 Å². The number of rotatable bonds is 3. The van der Waals surface area contributed by atoms with Crippen molar-refractivity contribution < 1.29 is 22.7 Å².